The van der Waals surface area contributed by atoms with Crippen LogP contribution >= 0.6 is 11.6 Å². The number of piperidine rings is 1. The van der Waals surface area contributed by atoms with Gasteiger partial charge in [0, 0.05) is 35.4 Å². The number of hydrogen-bond donors (Lipinski definition) is 1. The van der Waals surface area contributed by atoms with Crippen molar-refractivity contribution in [1.29, 1.82) is 0 Å². The van der Waals surface area contributed by atoms with Crippen molar-refractivity contribution < 1.29 is 13.6 Å². The summed E-state index contributed by atoms with van der Waals surface area (Å²) in [5.41, 5.74) is 3.03. The standard InChI is InChI=1S/C25H23ClFN3O2/c1-15-20-12-18(27)8-9-22(20)29-23(15)25(31)30-10-4-6-17(14-30)24-28-13-19(32-24)11-16-5-2-3-7-21(16)26/h2-3,5,7-9,12-13,17,29H,4,6,10-11,14H2,1H3. The number of amides is 1. The van der Waals surface area contributed by atoms with Crippen LogP contribution in [0.2, 0.25) is 5.02 Å². The van der Waals surface area contributed by atoms with Gasteiger partial charge in [0.2, 0.25) is 0 Å². The molecule has 0 aliphatic carbocycles. The van der Waals surface area contributed by atoms with Crippen LogP contribution in [0.3, 0.4) is 0 Å². The predicted molar refractivity (Wildman–Crippen MR) is 122 cm³/mol. The monoisotopic (exact) mass is 451 g/mol. The van der Waals surface area contributed by atoms with Gasteiger partial charge >= 0.3 is 0 Å². The van der Waals surface area contributed by atoms with Gasteiger partial charge in [0.05, 0.1) is 12.1 Å². The number of halogens is 2. The number of hydrogen-bond acceptors (Lipinski definition) is 3. The van der Waals surface area contributed by atoms with Gasteiger partial charge in [-0.15, -0.1) is 0 Å². The second-order valence-corrected chi connectivity index (χ2v) is 8.75. The number of aromatic nitrogens is 2. The van der Waals surface area contributed by atoms with Crippen LogP contribution < -0.4 is 0 Å². The first kappa shape index (κ1) is 20.8. The molecule has 4 aromatic rings. The maximum Gasteiger partial charge on any atom is 0.270 e. The largest absolute Gasteiger partial charge is 0.445 e. The van der Waals surface area contributed by atoms with Gasteiger partial charge < -0.3 is 14.3 Å². The van der Waals surface area contributed by atoms with Crippen molar-refractivity contribution in [3.63, 3.8) is 0 Å². The molecule has 1 fully saturated rings. The summed E-state index contributed by atoms with van der Waals surface area (Å²) < 4.78 is 19.7. The number of aryl methyl sites for hydroxylation is 1. The third-order valence-corrected chi connectivity index (χ3v) is 6.55. The first-order chi connectivity index (χ1) is 15.5. The van der Waals surface area contributed by atoms with Crippen molar-refractivity contribution in [2.45, 2.75) is 32.1 Å². The highest BCUT2D eigenvalue weighted by Gasteiger charge is 2.30. The lowest BCUT2D eigenvalue weighted by atomic mass is 9.97. The molecule has 7 heteroatoms. The molecule has 0 radical (unpaired) electrons. The van der Waals surface area contributed by atoms with Crippen molar-refractivity contribution in [3.05, 3.63) is 88.0 Å². The van der Waals surface area contributed by atoms with E-state index in [-0.39, 0.29) is 17.6 Å². The van der Waals surface area contributed by atoms with Gasteiger partial charge in [-0.25, -0.2) is 9.37 Å². The van der Waals surface area contributed by atoms with Crippen molar-refractivity contribution >= 4 is 28.4 Å². The van der Waals surface area contributed by atoms with Gasteiger partial charge in [-0.3, -0.25) is 4.79 Å². The number of carbonyl (C=O) groups is 1. The average Bonchev–Trinajstić information content (AvgIpc) is 3.40. The first-order valence-electron chi connectivity index (χ1n) is 10.7. The van der Waals surface area contributed by atoms with Crippen LogP contribution in [0.15, 0.2) is 53.1 Å². The smallest absolute Gasteiger partial charge is 0.270 e. The molecule has 1 unspecified atom stereocenters. The topological polar surface area (TPSA) is 62.1 Å². The molecule has 32 heavy (non-hydrogen) atoms. The van der Waals surface area contributed by atoms with E-state index >= 15 is 0 Å². The van der Waals surface area contributed by atoms with Gasteiger partial charge in [-0.1, -0.05) is 29.8 Å². The van der Waals surface area contributed by atoms with E-state index < -0.39 is 0 Å². The number of fused-ring (bicyclic) bond motifs is 1. The Balaban J connectivity index is 1.33. The molecule has 0 bridgehead atoms. The average molecular weight is 452 g/mol. The Morgan fingerprint density at radius 1 is 1.31 bits per heavy atom. The number of nitrogens with zero attached hydrogens (tertiary/aromatic N) is 2. The maximum atomic E-state index is 13.6. The van der Waals surface area contributed by atoms with Crippen molar-refractivity contribution in [3.8, 4) is 0 Å². The summed E-state index contributed by atoms with van der Waals surface area (Å²) in [7, 11) is 0. The van der Waals surface area contributed by atoms with E-state index in [0.29, 0.717) is 36.1 Å². The Morgan fingerprint density at radius 3 is 3.00 bits per heavy atom. The fourth-order valence-corrected chi connectivity index (χ4v) is 4.66. The van der Waals surface area contributed by atoms with E-state index in [1.165, 1.54) is 12.1 Å². The second kappa shape index (κ2) is 8.43. The summed E-state index contributed by atoms with van der Waals surface area (Å²) in [6, 6.07) is 12.2. The number of nitrogens with one attached hydrogen (secondary N) is 1. The zero-order valence-electron chi connectivity index (χ0n) is 17.7. The van der Waals surface area contributed by atoms with Gasteiger partial charge in [-0.05, 0) is 55.2 Å². The maximum absolute atomic E-state index is 13.6. The summed E-state index contributed by atoms with van der Waals surface area (Å²) in [4.78, 5) is 22.8. The zero-order valence-corrected chi connectivity index (χ0v) is 18.5. The quantitative estimate of drug-likeness (QED) is 0.422. The molecule has 1 saturated heterocycles. The molecule has 1 N–H and O–H groups in total. The predicted octanol–water partition coefficient (Wildman–Crippen LogP) is 5.87. The number of rotatable bonds is 4. The van der Waals surface area contributed by atoms with Crippen molar-refractivity contribution in [1.82, 2.24) is 14.9 Å². The van der Waals surface area contributed by atoms with Crippen LogP contribution in [0.1, 0.15) is 52.0 Å². The first-order valence-corrected chi connectivity index (χ1v) is 11.1. The van der Waals surface area contributed by atoms with Gasteiger partial charge in [0.15, 0.2) is 5.89 Å². The Bertz CT molecular complexity index is 1300. The molecule has 3 heterocycles. The lowest BCUT2D eigenvalue weighted by molar-refractivity contribution is 0.0692. The highest BCUT2D eigenvalue weighted by Crippen LogP contribution is 2.30. The normalized spacial score (nSPS) is 16.6. The Kier molecular flexibility index (Phi) is 5.47. The van der Waals surface area contributed by atoms with E-state index in [4.69, 9.17) is 16.0 Å². The minimum atomic E-state index is -0.312. The Hall–Kier alpha value is -3.12. The molecular formula is C25H23ClFN3O2. The minimum Gasteiger partial charge on any atom is -0.445 e. The molecular weight excluding hydrogens is 429 g/mol. The number of oxazole rings is 1. The van der Waals surface area contributed by atoms with Gasteiger partial charge in [-0.2, -0.15) is 0 Å². The third-order valence-electron chi connectivity index (χ3n) is 6.19. The molecule has 2 aromatic heterocycles. The van der Waals surface area contributed by atoms with E-state index in [2.05, 4.69) is 9.97 Å². The summed E-state index contributed by atoms with van der Waals surface area (Å²) in [6.07, 6.45) is 4.10. The lowest BCUT2D eigenvalue weighted by Gasteiger charge is -2.31. The van der Waals surface area contributed by atoms with Crippen LogP contribution in [0.4, 0.5) is 4.39 Å². The summed E-state index contributed by atoms with van der Waals surface area (Å²) in [5.74, 6) is 1.06. The van der Waals surface area contributed by atoms with Crippen LogP contribution in [0.5, 0.6) is 0 Å². The fraction of sp³-hybridized carbons (Fsp3) is 0.280. The molecule has 2 aromatic carbocycles. The van der Waals surface area contributed by atoms with Gasteiger partial charge in [0.1, 0.15) is 17.3 Å². The second-order valence-electron chi connectivity index (χ2n) is 8.34. The SMILES string of the molecule is Cc1c(C(=O)N2CCCC(c3ncc(Cc4ccccc4Cl)o3)C2)[nH]c2ccc(F)cc12. The van der Waals surface area contributed by atoms with Gasteiger partial charge in [0.25, 0.3) is 5.91 Å². The van der Waals surface area contributed by atoms with Crippen LogP contribution in [-0.4, -0.2) is 33.9 Å². The Labute approximate surface area is 190 Å². The number of H-pyrrole nitrogens is 1. The van der Waals surface area contributed by atoms with Crippen LogP contribution in [-0.2, 0) is 6.42 Å². The molecule has 164 valence electrons. The Morgan fingerprint density at radius 2 is 2.16 bits per heavy atom. The fourth-order valence-electron chi connectivity index (χ4n) is 4.46. The lowest BCUT2D eigenvalue weighted by Crippen LogP contribution is -2.39. The third kappa shape index (κ3) is 3.91. The number of benzene rings is 2. The molecule has 5 nitrogen and oxygen atoms in total. The zero-order chi connectivity index (χ0) is 22.2. The molecule has 0 spiro atoms. The van der Waals surface area contributed by atoms with Crippen LogP contribution in [0, 0.1) is 12.7 Å². The molecule has 1 aliphatic heterocycles. The molecule has 1 amide bonds. The minimum absolute atomic E-state index is 0.0369. The number of carbonyl (C=O) groups excluding carboxylic acids is 1. The number of aromatic amines is 1. The summed E-state index contributed by atoms with van der Waals surface area (Å²) in [6.45, 7) is 3.06. The summed E-state index contributed by atoms with van der Waals surface area (Å²) in [5, 5.41) is 1.44. The van der Waals surface area contributed by atoms with E-state index in [1.54, 1.807) is 12.3 Å². The van der Waals surface area contributed by atoms with E-state index in [1.807, 2.05) is 36.1 Å². The highest BCUT2D eigenvalue weighted by atomic mass is 35.5. The summed E-state index contributed by atoms with van der Waals surface area (Å²) >= 11 is 6.26. The molecule has 1 atom stereocenters. The van der Waals surface area contributed by atoms with E-state index in [9.17, 15) is 9.18 Å². The molecule has 1 aliphatic rings. The van der Waals surface area contributed by atoms with Crippen LogP contribution in [0.25, 0.3) is 10.9 Å². The van der Waals surface area contributed by atoms with E-state index in [0.717, 1.165) is 40.6 Å². The molecule has 5 rings (SSSR count). The molecule has 0 saturated carbocycles. The highest BCUT2D eigenvalue weighted by molar-refractivity contribution is 6.31. The van der Waals surface area contributed by atoms with Crippen molar-refractivity contribution in [2.24, 2.45) is 0 Å². The van der Waals surface area contributed by atoms with Crippen molar-refractivity contribution in [2.75, 3.05) is 13.1 Å². The number of likely N-dealkylation sites (tertiary alicyclic amines) is 1.